The monoisotopic (exact) mass is 300 g/mol. The van der Waals surface area contributed by atoms with Crippen LogP contribution in [0.15, 0.2) is 47.6 Å². The van der Waals surface area contributed by atoms with Crippen molar-refractivity contribution in [3.05, 3.63) is 48.0 Å². The highest BCUT2D eigenvalue weighted by Gasteiger charge is 2.12. The van der Waals surface area contributed by atoms with Gasteiger partial charge in [-0.3, -0.25) is 5.43 Å². The van der Waals surface area contributed by atoms with Crippen LogP contribution in [0.2, 0.25) is 0 Å². The van der Waals surface area contributed by atoms with Crippen LogP contribution in [-0.2, 0) is 0 Å². The molecular weight excluding hydrogens is 280 g/mol. The third-order valence-electron chi connectivity index (χ3n) is 3.21. The zero-order valence-electron chi connectivity index (χ0n) is 13.2. The van der Waals surface area contributed by atoms with Crippen molar-refractivity contribution in [2.24, 2.45) is 5.10 Å². The van der Waals surface area contributed by atoms with E-state index in [0.717, 1.165) is 17.0 Å². The molecule has 0 spiro atoms. The molecule has 0 bridgehead atoms. The van der Waals surface area contributed by atoms with Crippen molar-refractivity contribution >= 4 is 11.4 Å². The predicted octanol–water partition coefficient (Wildman–Crippen LogP) is 3.55. The molecule has 2 aromatic rings. The van der Waals surface area contributed by atoms with Crippen molar-refractivity contribution < 1.29 is 14.2 Å². The molecule has 0 fully saturated rings. The van der Waals surface area contributed by atoms with E-state index in [1.165, 1.54) is 0 Å². The fraction of sp³-hybridized carbons (Fsp3) is 0.235. The second-order valence-corrected chi connectivity index (χ2v) is 4.59. The standard InChI is InChI=1S/C17H20N2O3/c1-12(13-8-6-5-7-9-13)18-19-14-10-15(20-2)17(22-4)16(11-14)21-3/h5-11,19H,1-4H3. The quantitative estimate of drug-likeness (QED) is 0.655. The first kappa shape index (κ1) is 15.7. The van der Waals surface area contributed by atoms with E-state index in [-0.39, 0.29) is 0 Å². The first-order valence-electron chi connectivity index (χ1n) is 6.85. The van der Waals surface area contributed by atoms with Gasteiger partial charge in [0.05, 0.1) is 32.7 Å². The smallest absolute Gasteiger partial charge is 0.203 e. The first-order valence-corrected chi connectivity index (χ1v) is 6.85. The van der Waals surface area contributed by atoms with Gasteiger partial charge in [0.15, 0.2) is 11.5 Å². The fourth-order valence-corrected chi connectivity index (χ4v) is 2.04. The van der Waals surface area contributed by atoms with Crippen molar-refractivity contribution in [1.82, 2.24) is 0 Å². The van der Waals surface area contributed by atoms with Crippen LogP contribution in [0.25, 0.3) is 0 Å². The van der Waals surface area contributed by atoms with Crippen molar-refractivity contribution in [1.29, 1.82) is 0 Å². The maximum atomic E-state index is 5.32. The summed E-state index contributed by atoms with van der Waals surface area (Å²) >= 11 is 0. The van der Waals surface area contributed by atoms with Crippen molar-refractivity contribution in [3.63, 3.8) is 0 Å². The zero-order chi connectivity index (χ0) is 15.9. The Labute approximate surface area is 130 Å². The topological polar surface area (TPSA) is 52.1 Å². The van der Waals surface area contributed by atoms with Crippen LogP contribution in [0.4, 0.5) is 5.69 Å². The molecule has 0 saturated carbocycles. The average molecular weight is 300 g/mol. The molecule has 0 atom stereocenters. The van der Waals surface area contributed by atoms with Crippen molar-refractivity contribution in [3.8, 4) is 17.2 Å². The van der Waals surface area contributed by atoms with Crippen LogP contribution >= 0.6 is 0 Å². The lowest BCUT2D eigenvalue weighted by molar-refractivity contribution is 0.324. The second kappa shape index (κ2) is 7.36. The summed E-state index contributed by atoms with van der Waals surface area (Å²) < 4.78 is 15.9. The highest BCUT2D eigenvalue weighted by Crippen LogP contribution is 2.39. The Bertz CT molecular complexity index is 629. The van der Waals surface area contributed by atoms with Gasteiger partial charge >= 0.3 is 0 Å². The number of hydrogen-bond acceptors (Lipinski definition) is 5. The van der Waals surface area contributed by atoms with Gasteiger partial charge in [0.2, 0.25) is 5.75 Å². The molecule has 2 rings (SSSR count). The summed E-state index contributed by atoms with van der Waals surface area (Å²) in [5.74, 6) is 1.72. The Hall–Kier alpha value is -2.69. The van der Waals surface area contributed by atoms with E-state index in [9.17, 15) is 0 Å². The molecule has 0 amide bonds. The van der Waals surface area contributed by atoms with E-state index >= 15 is 0 Å². The molecule has 22 heavy (non-hydrogen) atoms. The summed E-state index contributed by atoms with van der Waals surface area (Å²) in [5.41, 5.74) is 5.71. The van der Waals surface area contributed by atoms with Gasteiger partial charge in [0.25, 0.3) is 0 Å². The molecular formula is C17H20N2O3. The van der Waals surface area contributed by atoms with E-state index in [2.05, 4.69) is 10.5 Å². The zero-order valence-corrected chi connectivity index (χ0v) is 13.2. The van der Waals surface area contributed by atoms with E-state index in [1.54, 1.807) is 21.3 Å². The van der Waals surface area contributed by atoms with E-state index in [0.29, 0.717) is 17.2 Å². The maximum Gasteiger partial charge on any atom is 0.203 e. The molecule has 116 valence electrons. The largest absolute Gasteiger partial charge is 0.493 e. The van der Waals surface area contributed by atoms with Gasteiger partial charge in [0, 0.05) is 12.1 Å². The SMILES string of the molecule is COc1cc(NN=C(C)c2ccccc2)cc(OC)c1OC. The summed E-state index contributed by atoms with van der Waals surface area (Å²) in [5, 5.41) is 4.39. The van der Waals surface area contributed by atoms with Gasteiger partial charge < -0.3 is 14.2 Å². The minimum absolute atomic E-state index is 0.555. The maximum absolute atomic E-state index is 5.32. The van der Waals surface area contributed by atoms with E-state index < -0.39 is 0 Å². The second-order valence-electron chi connectivity index (χ2n) is 4.59. The highest BCUT2D eigenvalue weighted by atomic mass is 16.5. The van der Waals surface area contributed by atoms with E-state index in [1.807, 2.05) is 49.4 Å². The molecule has 0 heterocycles. The lowest BCUT2D eigenvalue weighted by Crippen LogP contribution is -2.01. The van der Waals surface area contributed by atoms with Gasteiger partial charge in [-0.1, -0.05) is 30.3 Å². The lowest BCUT2D eigenvalue weighted by Gasteiger charge is -2.14. The summed E-state index contributed by atoms with van der Waals surface area (Å²) in [6.07, 6.45) is 0. The molecule has 0 aliphatic carbocycles. The molecule has 1 N–H and O–H groups in total. The van der Waals surface area contributed by atoms with Crippen molar-refractivity contribution in [2.45, 2.75) is 6.92 Å². The Morgan fingerprint density at radius 1 is 0.909 bits per heavy atom. The molecule has 0 aromatic heterocycles. The lowest BCUT2D eigenvalue weighted by atomic mass is 10.1. The number of ether oxygens (including phenoxy) is 3. The van der Waals surface area contributed by atoms with Gasteiger partial charge in [-0.2, -0.15) is 5.10 Å². The van der Waals surface area contributed by atoms with E-state index in [4.69, 9.17) is 14.2 Å². The number of nitrogens with zero attached hydrogens (tertiary/aromatic N) is 1. The van der Waals surface area contributed by atoms with Crippen LogP contribution in [-0.4, -0.2) is 27.0 Å². The summed E-state index contributed by atoms with van der Waals surface area (Å²) in [7, 11) is 4.74. The molecule has 5 heteroatoms. The Kier molecular flexibility index (Phi) is 5.25. The Morgan fingerprint density at radius 3 is 2.00 bits per heavy atom. The van der Waals surface area contributed by atoms with Gasteiger partial charge in [0.1, 0.15) is 0 Å². The van der Waals surface area contributed by atoms with Crippen LogP contribution in [0.5, 0.6) is 17.2 Å². The first-order chi connectivity index (χ1) is 10.7. The van der Waals surface area contributed by atoms with Crippen LogP contribution in [0, 0.1) is 0 Å². The summed E-state index contributed by atoms with van der Waals surface area (Å²) in [4.78, 5) is 0. The molecule has 2 aromatic carbocycles. The Balaban J connectivity index is 2.26. The van der Waals surface area contributed by atoms with Crippen LogP contribution < -0.4 is 19.6 Å². The number of anilines is 1. The van der Waals surface area contributed by atoms with Gasteiger partial charge in [-0.15, -0.1) is 0 Å². The summed E-state index contributed by atoms with van der Waals surface area (Å²) in [6.45, 7) is 1.94. The number of rotatable bonds is 6. The fourth-order valence-electron chi connectivity index (χ4n) is 2.04. The van der Waals surface area contributed by atoms with Gasteiger partial charge in [-0.05, 0) is 12.5 Å². The minimum atomic E-state index is 0.555. The number of hydrogen-bond donors (Lipinski definition) is 1. The number of methoxy groups -OCH3 is 3. The summed E-state index contributed by atoms with van der Waals surface area (Å²) in [6, 6.07) is 13.6. The third-order valence-corrected chi connectivity index (χ3v) is 3.21. The number of benzene rings is 2. The highest BCUT2D eigenvalue weighted by molar-refractivity contribution is 5.99. The van der Waals surface area contributed by atoms with Crippen LogP contribution in [0.1, 0.15) is 12.5 Å². The molecule has 0 radical (unpaired) electrons. The van der Waals surface area contributed by atoms with Crippen molar-refractivity contribution in [2.75, 3.05) is 26.8 Å². The molecule has 0 unspecified atom stereocenters. The Morgan fingerprint density at radius 2 is 1.50 bits per heavy atom. The van der Waals surface area contributed by atoms with Crippen LogP contribution in [0.3, 0.4) is 0 Å². The predicted molar refractivity (Wildman–Crippen MR) is 88.4 cm³/mol. The minimum Gasteiger partial charge on any atom is -0.493 e. The van der Waals surface area contributed by atoms with Gasteiger partial charge in [-0.25, -0.2) is 0 Å². The number of nitrogens with one attached hydrogen (secondary N) is 1. The molecule has 0 aliphatic heterocycles. The molecule has 0 saturated heterocycles. The molecule has 5 nitrogen and oxygen atoms in total. The molecule has 0 aliphatic rings. The average Bonchev–Trinajstić information content (AvgIpc) is 2.59. The normalized spacial score (nSPS) is 11.0. The number of hydrazone groups is 1. The third kappa shape index (κ3) is 3.49.